The highest BCUT2D eigenvalue weighted by Gasteiger charge is 2.04. The molecule has 0 aromatic carbocycles. The molecular weight excluding hydrogens is 210 g/mol. The maximum Gasteiger partial charge on any atom is 0.134 e. The van der Waals surface area contributed by atoms with Crippen LogP contribution in [-0.4, -0.2) is 7.11 Å². The molecule has 0 N–H and O–H groups in total. The van der Waals surface area contributed by atoms with Gasteiger partial charge in [-0.3, -0.25) is 0 Å². The fraction of sp³-hybridized carbons (Fsp3) is 0.0769. The zero-order valence-corrected chi connectivity index (χ0v) is 9.22. The first-order valence-electron chi connectivity index (χ1n) is 4.39. The van der Waals surface area contributed by atoms with E-state index in [9.17, 15) is 8.78 Å². The second-order valence-corrected chi connectivity index (χ2v) is 2.95. The predicted octanol–water partition coefficient (Wildman–Crippen LogP) is 4.15. The maximum absolute atomic E-state index is 13.4. The molecule has 0 aliphatic carbocycles. The van der Waals surface area contributed by atoms with Crippen LogP contribution in [-0.2, 0) is 4.74 Å². The van der Waals surface area contributed by atoms with Crippen LogP contribution in [0.15, 0.2) is 73.1 Å². The van der Waals surface area contributed by atoms with Gasteiger partial charge in [0, 0.05) is 11.6 Å². The van der Waals surface area contributed by atoms with Crippen molar-refractivity contribution in [2.45, 2.75) is 0 Å². The van der Waals surface area contributed by atoms with Gasteiger partial charge in [0.15, 0.2) is 0 Å². The van der Waals surface area contributed by atoms with Gasteiger partial charge in [0.25, 0.3) is 0 Å². The lowest BCUT2D eigenvalue weighted by Crippen LogP contribution is -1.87. The average molecular weight is 224 g/mol. The van der Waals surface area contributed by atoms with Gasteiger partial charge in [-0.15, -0.1) is 0 Å². The molecule has 1 nitrogen and oxygen atoms in total. The van der Waals surface area contributed by atoms with E-state index in [4.69, 9.17) is 0 Å². The van der Waals surface area contributed by atoms with Crippen molar-refractivity contribution < 1.29 is 13.5 Å². The average Bonchev–Trinajstić information content (AvgIpc) is 2.24. The van der Waals surface area contributed by atoms with E-state index in [0.717, 1.165) is 12.2 Å². The fourth-order valence-electron chi connectivity index (χ4n) is 0.732. The van der Waals surface area contributed by atoms with Crippen molar-refractivity contribution in [3.8, 4) is 0 Å². The van der Waals surface area contributed by atoms with Crippen LogP contribution in [0.25, 0.3) is 0 Å². The lowest BCUT2D eigenvalue weighted by Gasteiger charge is -2.03. The smallest absolute Gasteiger partial charge is 0.134 e. The third-order valence-corrected chi connectivity index (χ3v) is 1.69. The number of allylic oxidation sites excluding steroid dienone is 7. The summed E-state index contributed by atoms with van der Waals surface area (Å²) < 4.78 is 30.4. The van der Waals surface area contributed by atoms with Gasteiger partial charge in [-0.1, -0.05) is 32.4 Å². The van der Waals surface area contributed by atoms with E-state index in [1.54, 1.807) is 0 Å². The van der Waals surface area contributed by atoms with Crippen molar-refractivity contribution >= 4 is 0 Å². The molecular formula is C13H14F2O. The summed E-state index contributed by atoms with van der Waals surface area (Å²) in [4.78, 5) is 0. The summed E-state index contributed by atoms with van der Waals surface area (Å²) in [6.07, 6.45) is 3.44. The zero-order chi connectivity index (χ0) is 12.7. The molecule has 0 saturated heterocycles. The number of methoxy groups -OCH3 is 1. The predicted molar refractivity (Wildman–Crippen MR) is 63.0 cm³/mol. The first kappa shape index (κ1) is 14.1. The monoisotopic (exact) mass is 224 g/mol. The molecule has 16 heavy (non-hydrogen) atoms. The molecule has 86 valence electrons. The van der Waals surface area contributed by atoms with E-state index in [-0.39, 0.29) is 16.9 Å². The van der Waals surface area contributed by atoms with Crippen LogP contribution in [0.1, 0.15) is 0 Å². The Morgan fingerprint density at radius 2 is 1.62 bits per heavy atom. The summed E-state index contributed by atoms with van der Waals surface area (Å²) in [5.41, 5.74) is 0.284. The highest BCUT2D eigenvalue weighted by atomic mass is 19.1. The summed E-state index contributed by atoms with van der Waals surface area (Å²) in [6.45, 7) is 13.5. The van der Waals surface area contributed by atoms with Gasteiger partial charge in [0.1, 0.15) is 17.4 Å². The SMILES string of the molecule is C=C(F)/C=C\C(=C)C(=C)/C(F)=C\C(=C)OC. The second-order valence-electron chi connectivity index (χ2n) is 2.95. The van der Waals surface area contributed by atoms with Gasteiger partial charge in [0.2, 0.25) is 0 Å². The normalized spacial score (nSPS) is 11.3. The maximum atomic E-state index is 13.4. The minimum absolute atomic E-state index is 0.0377. The van der Waals surface area contributed by atoms with Gasteiger partial charge >= 0.3 is 0 Å². The minimum atomic E-state index is -0.639. The van der Waals surface area contributed by atoms with Gasteiger partial charge in [0.05, 0.1) is 7.11 Å². The van der Waals surface area contributed by atoms with E-state index in [1.165, 1.54) is 13.2 Å². The Bertz CT molecular complexity index is 387. The van der Waals surface area contributed by atoms with Gasteiger partial charge in [-0.05, 0) is 11.6 Å². The molecule has 0 fully saturated rings. The molecule has 0 spiro atoms. The zero-order valence-electron chi connectivity index (χ0n) is 9.22. The summed E-state index contributed by atoms with van der Waals surface area (Å²) in [6, 6.07) is 0. The minimum Gasteiger partial charge on any atom is -0.497 e. The molecule has 0 aromatic rings. The van der Waals surface area contributed by atoms with Crippen LogP contribution in [0.5, 0.6) is 0 Å². The summed E-state index contributed by atoms with van der Waals surface area (Å²) >= 11 is 0. The van der Waals surface area contributed by atoms with Crippen LogP contribution in [0, 0.1) is 0 Å². The van der Waals surface area contributed by atoms with Crippen molar-refractivity contribution in [1.29, 1.82) is 0 Å². The first-order valence-corrected chi connectivity index (χ1v) is 4.39. The van der Waals surface area contributed by atoms with E-state index in [0.29, 0.717) is 0 Å². The van der Waals surface area contributed by atoms with E-state index < -0.39 is 11.7 Å². The number of rotatable bonds is 6. The summed E-state index contributed by atoms with van der Waals surface area (Å²) in [7, 11) is 1.37. The van der Waals surface area contributed by atoms with Crippen LogP contribution >= 0.6 is 0 Å². The Kier molecular flexibility index (Phi) is 5.78. The Morgan fingerprint density at radius 3 is 2.06 bits per heavy atom. The molecule has 0 saturated carbocycles. The molecule has 0 atom stereocenters. The topological polar surface area (TPSA) is 9.23 Å². The highest BCUT2D eigenvalue weighted by Crippen LogP contribution is 2.20. The van der Waals surface area contributed by atoms with Crippen molar-refractivity contribution in [2.24, 2.45) is 0 Å². The number of hydrogen-bond donors (Lipinski definition) is 0. The lowest BCUT2D eigenvalue weighted by atomic mass is 10.1. The molecule has 0 unspecified atom stereocenters. The number of hydrogen-bond acceptors (Lipinski definition) is 1. The molecule has 0 rings (SSSR count). The van der Waals surface area contributed by atoms with Crippen molar-refractivity contribution in [3.05, 3.63) is 73.1 Å². The third kappa shape index (κ3) is 5.10. The van der Waals surface area contributed by atoms with Crippen LogP contribution < -0.4 is 0 Å². The van der Waals surface area contributed by atoms with Crippen LogP contribution in [0.2, 0.25) is 0 Å². The number of halogens is 2. The second kappa shape index (κ2) is 6.56. The molecule has 0 aromatic heterocycles. The van der Waals surface area contributed by atoms with Crippen molar-refractivity contribution in [3.63, 3.8) is 0 Å². The van der Waals surface area contributed by atoms with E-state index in [1.807, 2.05) is 0 Å². The van der Waals surface area contributed by atoms with E-state index in [2.05, 4.69) is 31.1 Å². The molecule has 3 heteroatoms. The first-order chi connectivity index (χ1) is 7.38. The molecule has 0 bridgehead atoms. The van der Waals surface area contributed by atoms with Crippen molar-refractivity contribution in [2.75, 3.05) is 7.11 Å². The van der Waals surface area contributed by atoms with Crippen LogP contribution in [0.4, 0.5) is 8.78 Å². The molecule has 0 radical (unpaired) electrons. The van der Waals surface area contributed by atoms with E-state index >= 15 is 0 Å². The van der Waals surface area contributed by atoms with Gasteiger partial charge in [-0.2, -0.15) is 0 Å². The molecule has 0 aliphatic rings. The summed E-state index contributed by atoms with van der Waals surface area (Å²) in [5.74, 6) is -1.11. The van der Waals surface area contributed by atoms with Crippen LogP contribution in [0.3, 0.4) is 0 Å². The largest absolute Gasteiger partial charge is 0.497 e. The standard InChI is InChI=1S/C13H14F2O/c1-9(6-7-10(2)14)12(4)13(15)8-11(3)16-5/h6-8H,1-4H2,5H3/b7-6-,13-8+. The Hall–Kier alpha value is -1.90. The fourth-order valence-corrected chi connectivity index (χ4v) is 0.732. The number of ether oxygens (including phenoxy) is 1. The quantitative estimate of drug-likeness (QED) is 0.486. The Balaban J connectivity index is 4.69. The lowest BCUT2D eigenvalue weighted by molar-refractivity contribution is 0.307. The highest BCUT2D eigenvalue weighted by molar-refractivity contribution is 5.47. The Labute approximate surface area is 94.4 Å². The molecule has 0 heterocycles. The molecule has 0 amide bonds. The Morgan fingerprint density at radius 1 is 1.06 bits per heavy atom. The van der Waals surface area contributed by atoms with Gasteiger partial charge in [-0.25, -0.2) is 8.78 Å². The van der Waals surface area contributed by atoms with Crippen molar-refractivity contribution in [1.82, 2.24) is 0 Å². The molecule has 0 aliphatic heterocycles. The van der Waals surface area contributed by atoms with Gasteiger partial charge < -0.3 is 4.74 Å². The third-order valence-electron chi connectivity index (χ3n) is 1.69. The summed E-state index contributed by atoms with van der Waals surface area (Å²) in [5, 5.41) is 0.